The highest BCUT2D eigenvalue weighted by Gasteiger charge is 2.07. The van der Waals surface area contributed by atoms with E-state index < -0.39 is 0 Å². The number of nitrogens with one attached hydrogen (secondary N) is 4. The smallest absolute Gasteiger partial charge is 0.244 e. The summed E-state index contributed by atoms with van der Waals surface area (Å²) in [5.41, 5.74) is 1.97. The molecule has 2 aromatic carbocycles. The average molecular weight is 471 g/mol. The molecule has 35 heavy (non-hydrogen) atoms. The zero-order valence-corrected chi connectivity index (χ0v) is 19.7. The first-order valence-electron chi connectivity index (χ1n) is 11.4. The lowest BCUT2D eigenvalue weighted by Gasteiger charge is -2.12. The fourth-order valence-corrected chi connectivity index (χ4v) is 3.08. The van der Waals surface area contributed by atoms with E-state index in [2.05, 4.69) is 31.2 Å². The number of aromatic nitrogens is 2. The summed E-state index contributed by atoms with van der Waals surface area (Å²) in [5.74, 6) is 1.61. The van der Waals surface area contributed by atoms with Gasteiger partial charge < -0.3 is 21.3 Å². The van der Waals surface area contributed by atoms with E-state index in [1.54, 1.807) is 12.1 Å². The van der Waals surface area contributed by atoms with Crippen LogP contribution in [0, 0.1) is 0 Å². The molecule has 0 fully saturated rings. The van der Waals surface area contributed by atoms with E-state index in [4.69, 9.17) is 0 Å². The monoisotopic (exact) mass is 470 g/mol. The summed E-state index contributed by atoms with van der Waals surface area (Å²) in [6, 6.07) is 21.4. The molecule has 3 aromatic rings. The van der Waals surface area contributed by atoms with Crippen molar-refractivity contribution < 1.29 is 9.59 Å². The molecule has 0 radical (unpaired) electrons. The van der Waals surface area contributed by atoms with Crippen LogP contribution in [0.2, 0.25) is 0 Å². The van der Waals surface area contributed by atoms with Crippen LogP contribution in [-0.2, 0) is 9.59 Å². The van der Waals surface area contributed by atoms with Crippen molar-refractivity contribution in [1.82, 2.24) is 20.6 Å². The second kappa shape index (κ2) is 13.9. The first-order chi connectivity index (χ1) is 17.1. The van der Waals surface area contributed by atoms with Crippen LogP contribution >= 0.6 is 0 Å². The molecule has 1 heterocycles. The molecule has 0 aliphatic rings. The fraction of sp³-hybridized carbons (Fsp3) is 0.185. The Kier molecular flexibility index (Phi) is 10.0. The van der Waals surface area contributed by atoms with Crippen molar-refractivity contribution in [3.05, 3.63) is 90.5 Å². The molecule has 0 bridgehead atoms. The molecule has 1 aromatic heterocycles. The number of rotatable bonds is 12. The van der Waals surface area contributed by atoms with Gasteiger partial charge in [0.25, 0.3) is 0 Å². The maximum absolute atomic E-state index is 12.0. The van der Waals surface area contributed by atoms with Gasteiger partial charge in [-0.1, -0.05) is 78.9 Å². The van der Waals surface area contributed by atoms with Gasteiger partial charge in [0.2, 0.25) is 11.8 Å². The lowest BCUT2D eigenvalue weighted by atomic mass is 10.2. The second-order valence-electron chi connectivity index (χ2n) is 7.58. The second-order valence-corrected chi connectivity index (χ2v) is 7.58. The highest BCUT2D eigenvalue weighted by atomic mass is 16.2. The largest absolute Gasteiger partial charge is 0.368 e. The van der Waals surface area contributed by atoms with Crippen LogP contribution in [0.4, 0.5) is 11.6 Å². The van der Waals surface area contributed by atoms with Gasteiger partial charge in [-0.3, -0.25) is 9.59 Å². The highest BCUT2D eigenvalue weighted by Crippen LogP contribution is 2.19. The Bertz CT molecular complexity index is 1150. The number of hydrogen-bond donors (Lipinski definition) is 4. The van der Waals surface area contributed by atoms with Crippen LogP contribution in [0.5, 0.6) is 0 Å². The molecule has 0 atom stereocenters. The Morgan fingerprint density at radius 1 is 0.771 bits per heavy atom. The minimum atomic E-state index is -0.169. The van der Waals surface area contributed by atoms with Crippen molar-refractivity contribution in [3.8, 4) is 11.4 Å². The zero-order chi connectivity index (χ0) is 24.7. The summed E-state index contributed by atoms with van der Waals surface area (Å²) in [5, 5.41) is 12.0. The lowest BCUT2D eigenvalue weighted by Crippen LogP contribution is -2.27. The van der Waals surface area contributed by atoms with Gasteiger partial charge in [0.05, 0.1) is 0 Å². The number of hydrogen-bond acceptors (Lipinski definition) is 6. The SMILES string of the molecule is CC(=O)NCCNc1cc(NCCNC(=O)/C=C/C=C/c2ccccc2)nc(-c2ccccc2)n1. The fourth-order valence-electron chi connectivity index (χ4n) is 3.08. The minimum Gasteiger partial charge on any atom is -0.368 e. The molecule has 8 nitrogen and oxygen atoms in total. The molecule has 4 N–H and O–H groups in total. The van der Waals surface area contributed by atoms with Gasteiger partial charge >= 0.3 is 0 Å². The van der Waals surface area contributed by atoms with Crippen molar-refractivity contribution in [2.45, 2.75) is 6.92 Å². The number of anilines is 2. The van der Waals surface area contributed by atoms with Gasteiger partial charge in [-0.2, -0.15) is 0 Å². The Hall–Kier alpha value is -4.46. The van der Waals surface area contributed by atoms with E-state index in [-0.39, 0.29) is 11.8 Å². The maximum Gasteiger partial charge on any atom is 0.244 e. The van der Waals surface area contributed by atoms with Gasteiger partial charge in [-0.15, -0.1) is 0 Å². The molecule has 0 unspecified atom stereocenters. The predicted molar refractivity (Wildman–Crippen MR) is 141 cm³/mol. The summed E-state index contributed by atoms with van der Waals surface area (Å²) in [7, 11) is 0. The summed E-state index contributed by atoms with van der Waals surface area (Å²) in [6.07, 6.45) is 6.98. The molecule has 0 spiro atoms. The standard InChI is InChI=1S/C27H30N6O2/c1-21(34)28-16-17-29-24-20-25(33-27(32-24)23-13-6-3-7-14-23)30-18-19-31-26(35)15-9-8-12-22-10-4-2-5-11-22/h2-15,20H,16-19H2,1H3,(H,28,34)(H,31,35)(H2,29,30,32,33)/b12-8+,15-9+. The summed E-state index contributed by atoms with van der Waals surface area (Å²) in [4.78, 5) is 32.3. The van der Waals surface area contributed by atoms with E-state index in [1.165, 1.54) is 13.0 Å². The summed E-state index contributed by atoms with van der Waals surface area (Å²) < 4.78 is 0. The van der Waals surface area contributed by atoms with E-state index >= 15 is 0 Å². The number of amides is 2. The third-order valence-corrected chi connectivity index (χ3v) is 4.74. The van der Waals surface area contributed by atoms with Gasteiger partial charge in [0.1, 0.15) is 11.6 Å². The number of benzene rings is 2. The highest BCUT2D eigenvalue weighted by molar-refractivity contribution is 5.87. The van der Waals surface area contributed by atoms with E-state index in [1.807, 2.05) is 72.8 Å². The van der Waals surface area contributed by atoms with E-state index in [0.29, 0.717) is 43.6 Å². The van der Waals surface area contributed by atoms with Crippen LogP contribution < -0.4 is 21.3 Å². The summed E-state index contributed by atoms with van der Waals surface area (Å²) >= 11 is 0. The Labute approximate surface area is 205 Å². The number of nitrogens with zero attached hydrogens (tertiary/aromatic N) is 2. The molecule has 180 valence electrons. The maximum atomic E-state index is 12.0. The van der Waals surface area contributed by atoms with Gasteiger partial charge in [-0.25, -0.2) is 9.97 Å². The van der Waals surface area contributed by atoms with Gasteiger partial charge in [0.15, 0.2) is 5.82 Å². The molecule has 3 rings (SSSR count). The molecule has 0 saturated heterocycles. The molecule has 0 aliphatic heterocycles. The molecule has 2 amide bonds. The third-order valence-electron chi connectivity index (χ3n) is 4.74. The Morgan fingerprint density at radius 2 is 1.37 bits per heavy atom. The first-order valence-corrected chi connectivity index (χ1v) is 11.4. The van der Waals surface area contributed by atoms with Crippen LogP contribution in [0.15, 0.2) is 85.0 Å². The Balaban J connectivity index is 1.51. The molecule has 8 heteroatoms. The zero-order valence-electron chi connectivity index (χ0n) is 19.7. The van der Waals surface area contributed by atoms with E-state index in [9.17, 15) is 9.59 Å². The third kappa shape index (κ3) is 9.51. The molecule has 0 saturated carbocycles. The quantitative estimate of drug-likeness (QED) is 0.183. The number of carbonyl (C=O) groups is 2. The van der Waals surface area contributed by atoms with E-state index in [0.717, 1.165) is 11.1 Å². The lowest BCUT2D eigenvalue weighted by molar-refractivity contribution is -0.119. The molecular weight excluding hydrogens is 440 g/mol. The predicted octanol–water partition coefficient (Wildman–Crippen LogP) is 3.49. The number of allylic oxidation sites excluding steroid dienone is 2. The Morgan fingerprint density at radius 3 is 2.00 bits per heavy atom. The van der Waals surface area contributed by atoms with Crippen LogP contribution in [0.25, 0.3) is 17.5 Å². The first kappa shape index (κ1) is 25.2. The van der Waals surface area contributed by atoms with Gasteiger partial charge in [-0.05, 0) is 5.56 Å². The summed E-state index contributed by atoms with van der Waals surface area (Å²) in [6.45, 7) is 3.43. The van der Waals surface area contributed by atoms with Crippen LogP contribution in [0.1, 0.15) is 12.5 Å². The van der Waals surface area contributed by atoms with Crippen molar-refractivity contribution in [2.24, 2.45) is 0 Å². The van der Waals surface area contributed by atoms with Gasteiger partial charge in [0, 0.05) is 50.8 Å². The topological polar surface area (TPSA) is 108 Å². The number of carbonyl (C=O) groups excluding carboxylic acids is 2. The van der Waals surface area contributed by atoms with Crippen molar-refractivity contribution >= 4 is 29.5 Å². The normalized spacial score (nSPS) is 10.9. The van der Waals surface area contributed by atoms with Crippen molar-refractivity contribution in [2.75, 3.05) is 36.8 Å². The van der Waals surface area contributed by atoms with Crippen molar-refractivity contribution in [1.29, 1.82) is 0 Å². The molecule has 0 aliphatic carbocycles. The average Bonchev–Trinajstić information content (AvgIpc) is 2.88. The molecular formula is C27H30N6O2. The van der Waals surface area contributed by atoms with Crippen LogP contribution in [0.3, 0.4) is 0 Å². The van der Waals surface area contributed by atoms with Crippen LogP contribution in [-0.4, -0.2) is 48.0 Å². The minimum absolute atomic E-state index is 0.0778. The van der Waals surface area contributed by atoms with Crippen molar-refractivity contribution in [3.63, 3.8) is 0 Å².